The third kappa shape index (κ3) is 3.46. The molecule has 0 aliphatic rings. The van der Waals surface area contributed by atoms with Crippen molar-refractivity contribution in [2.24, 2.45) is 0 Å². The Labute approximate surface area is 123 Å². The van der Waals surface area contributed by atoms with Crippen molar-refractivity contribution in [2.45, 2.75) is 13.1 Å². The van der Waals surface area contributed by atoms with Gasteiger partial charge in [-0.3, -0.25) is 4.68 Å². The molecule has 0 saturated carbocycles. The molecule has 7 heteroatoms. The topological polar surface area (TPSA) is 50.1 Å². The van der Waals surface area contributed by atoms with Gasteiger partial charge in [-0.1, -0.05) is 27.5 Å². The van der Waals surface area contributed by atoms with Gasteiger partial charge in [0.15, 0.2) is 0 Å². The summed E-state index contributed by atoms with van der Waals surface area (Å²) in [4.78, 5) is 0. The molecular weight excluding hydrogens is 337 g/mol. The van der Waals surface area contributed by atoms with Gasteiger partial charge in [0.25, 0.3) is 0 Å². The van der Waals surface area contributed by atoms with Crippen LogP contribution in [0.4, 0.5) is 10.1 Å². The molecule has 102 valence electrons. The highest BCUT2D eigenvalue weighted by atomic mass is 79.9. The number of benzene rings is 1. The molecule has 0 amide bonds. The summed E-state index contributed by atoms with van der Waals surface area (Å²) in [6, 6.07) is 3.21. The number of rotatable bonds is 5. The van der Waals surface area contributed by atoms with E-state index in [9.17, 15) is 4.39 Å². The lowest BCUT2D eigenvalue weighted by molar-refractivity contribution is 0.269. The minimum absolute atomic E-state index is 0.0234. The summed E-state index contributed by atoms with van der Waals surface area (Å²) < 4.78 is 16.1. The maximum atomic E-state index is 13.8. The molecule has 2 aromatic rings. The van der Waals surface area contributed by atoms with Crippen LogP contribution in [0.1, 0.15) is 5.56 Å². The fourth-order valence-electron chi connectivity index (χ4n) is 1.60. The van der Waals surface area contributed by atoms with Crippen molar-refractivity contribution in [3.8, 4) is 0 Å². The Bertz CT molecular complexity index is 576. The van der Waals surface area contributed by atoms with Crippen molar-refractivity contribution in [2.75, 3.05) is 11.9 Å². The lowest BCUT2D eigenvalue weighted by Crippen LogP contribution is -2.03. The molecule has 0 unspecified atom stereocenters. The molecule has 0 radical (unpaired) electrons. The summed E-state index contributed by atoms with van der Waals surface area (Å²) in [6.07, 6.45) is 3.36. The van der Waals surface area contributed by atoms with Crippen molar-refractivity contribution in [3.63, 3.8) is 0 Å². The zero-order chi connectivity index (χ0) is 13.8. The highest BCUT2D eigenvalue weighted by molar-refractivity contribution is 9.10. The lowest BCUT2D eigenvalue weighted by atomic mass is 10.2. The Morgan fingerprint density at radius 2 is 2.26 bits per heavy atom. The van der Waals surface area contributed by atoms with Crippen LogP contribution < -0.4 is 5.32 Å². The van der Waals surface area contributed by atoms with Gasteiger partial charge in [-0.15, -0.1) is 0 Å². The number of aliphatic hydroxyl groups excluding tert-OH is 1. The minimum atomic E-state index is -0.439. The number of aromatic nitrogens is 2. The molecule has 4 nitrogen and oxygen atoms in total. The van der Waals surface area contributed by atoms with Gasteiger partial charge in [0.1, 0.15) is 5.82 Å². The van der Waals surface area contributed by atoms with Crippen LogP contribution in [0, 0.1) is 5.82 Å². The van der Waals surface area contributed by atoms with Crippen molar-refractivity contribution in [1.82, 2.24) is 9.78 Å². The molecule has 0 aliphatic carbocycles. The number of hydrogen-bond donors (Lipinski definition) is 2. The third-order valence-corrected chi connectivity index (χ3v) is 3.61. The highest BCUT2D eigenvalue weighted by Gasteiger charge is 2.11. The summed E-state index contributed by atoms with van der Waals surface area (Å²) in [5.74, 6) is -0.439. The van der Waals surface area contributed by atoms with Crippen molar-refractivity contribution < 1.29 is 9.50 Å². The van der Waals surface area contributed by atoms with Crippen LogP contribution in [0.25, 0.3) is 0 Å². The van der Waals surface area contributed by atoms with Gasteiger partial charge in [-0.05, 0) is 12.1 Å². The van der Waals surface area contributed by atoms with Gasteiger partial charge < -0.3 is 10.4 Å². The molecule has 0 fully saturated rings. The molecular formula is C12H12BrClFN3O. The molecule has 0 spiro atoms. The Morgan fingerprint density at radius 1 is 1.47 bits per heavy atom. The second-order valence-electron chi connectivity index (χ2n) is 3.89. The second kappa shape index (κ2) is 6.36. The molecule has 1 aromatic carbocycles. The highest BCUT2D eigenvalue weighted by Crippen LogP contribution is 2.26. The standard InChI is InChI=1S/C12H12BrClFN3O/c13-10-1-2-11(14)12(15)9(10)6-16-8-5-17-18(7-8)3-4-19/h1-2,5,7,16,19H,3-4,6H2. The number of hydrogen-bond acceptors (Lipinski definition) is 3. The second-order valence-corrected chi connectivity index (χ2v) is 5.15. The molecule has 0 aliphatic heterocycles. The Kier molecular flexibility index (Phi) is 4.79. The van der Waals surface area contributed by atoms with Crippen LogP contribution in [0.5, 0.6) is 0 Å². The van der Waals surface area contributed by atoms with Gasteiger partial charge in [0, 0.05) is 22.8 Å². The SMILES string of the molecule is OCCn1cc(NCc2c(Br)ccc(Cl)c2F)cn1. The van der Waals surface area contributed by atoms with E-state index in [1.54, 1.807) is 23.1 Å². The first-order valence-electron chi connectivity index (χ1n) is 5.61. The van der Waals surface area contributed by atoms with Gasteiger partial charge in [0.2, 0.25) is 0 Å². The number of nitrogens with one attached hydrogen (secondary N) is 1. The molecule has 2 rings (SSSR count). The molecule has 0 atom stereocenters. The van der Waals surface area contributed by atoms with Crippen LogP contribution in [0.3, 0.4) is 0 Å². The fourth-order valence-corrected chi connectivity index (χ4v) is 2.22. The van der Waals surface area contributed by atoms with E-state index in [-0.39, 0.29) is 18.2 Å². The average molecular weight is 349 g/mol. The van der Waals surface area contributed by atoms with Gasteiger partial charge in [-0.2, -0.15) is 5.10 Å². The summed E-state index contributed by atoms with van der Waals surface area (Å²) in [6.45, 7) is 0.740. The van der Waals surface area contributed by atoms with E-state index in [1.807, 2.05) is 0 Å². The fraction of sp³-hybridized carbons (Fsp3) is 0.250. The maximum absolute atomic E-state index is 13.8. The molecule has 0 bridgehead atoms. The first-order chi connectivity index (χ1) is 9.11. The van der Waals surface area contributed by atoms with Gasteiger partial charge in [-0.25, -0.2) is 4.39 Å². The van der Waals surface area contributed by atoms with Gasteiger partial charge in [0.05, 0.1) is 30.1 Å². The van der Waals surface area contributed by atoms with Crippen molar-refractivity contribution >= 4 is 33.2 Å². The number of nitrogens with zero attached hydrogens (tertiary/aromatic N) is 2. The van der Waals surface area contributed by atoms with Crippen LogP contribution in [-0.4, -0.2) is 21.5 Å². The quantitative estimate of drug-likeness (QED) is 0.817. The van der Waals surface area contributed by atoms with E-state index >= 15 is 0 Å². The lowest BCUT2D eigenvalue weighted by Gasteiger charge is -2.08. The van der Waals surface area contributed by atoms with Crippen LogP contribution in [0.15, 0.2) is 29.0 Å². The number of aliphatic hydroxyl groups is 1. The van der Waals surface area contributed by atoms with Gasteiger partial charge >= 0.3 is 0 Å². The Hall–Kier alpha value is -1.11. The monoisotopic (exact) mass is 347 g/mol. The van der Waals surface area contributed by atoms with Crippen molar-refractivity contribution in [3.05, 3.63) is 45.4 Å². The summed E-state index contributed by atoms with van der Waals surface area (Å²) in [7, 11) is 0. The summed E-state index contributed by atoms with van der Waals surface area (Å²) in [5, 5.41) is 16.0. The molecule has 19 heavy (non-hydrogen) atoms. The molecule has 0 saturated heterocycles. The molecule has 2 N–H and O–H groups in total. The first-order valence-corrected chi connectivity index (χ1v) is 6.78. The predicted molar refractivity (Wildman–Crippen MR) is 75.7 cm³/mol. The van der Waals surface area contributed by atoms with Crippen LogP contribution in [-0.2, 0) is 13.1 Å². The van der Waals surface area contributed by atoms with E-state index in [0.29, 0.717) is 16.6 Å². The van der Waals surface area contributed by atoms with E-state index in [2.05, 4.69) is 26.3 Å². The maximum Gasteiger partial charge on any atom is 0.147 e. The average Bonchev–Trinajstić information content (AvgIpc) is 2.82. The Balaban J connectivity index is 2.07. The van der Waals surface area contributed by atoms with E-state index < -0.39 is 5.82 Å². The Morgan fingerprint density at radius 3 is 3.00 bits per heavy atom. The van der Waals surface area contributed by atoms with E-state index in [4.69, 9.17) is 16.7 Å². The van der Waals surface area contributed by atoms with E-state index in [0.717, 1.165) is 5.69 Å². The number of anilines is 1. The summed E-state index contributed by atoms with van der Waals surface area (Å²) in [5.41, 5.74) is 1.21. The van der Waals surface area contributed by atoms with Crippen LogP contribution in [0.2, 0.25) is 5.02 Å². The number of halogens is 3. The summed E-state index contributed by atoms with van der Waals surface area (Å²) >= 11 is 9.04. The third-order valence-electron chi connectivity index (χ3n) is 2.57. The van der Waals surface area contributed by atoms with Crippen molar-refractivity contribution in [1.29, 1.82) is 0 Å². The molecule has 1 heterocycles. The van der Waals surface area contributed by atoms with E-state index in [1.165, 1.54) is 6.07 Å². The zero-order valence-electron chi connectivity index (χ0n) is 9.91. The largest absolute Gasteiger partial charge is 0.394 e. The predicted octanol–water partition coefficient (Wildman–Crippen LogP) is 3.04. The van der Waals surface area contributed by atoms with Crippen LogP contribution >= 0.6 is 27.5 Å². The molecule has 1 aromatic heterocycles. The minimum Gasteiger partial charge on any atom is -0.394 e. The smallest absolute Gasteiger partial charge is 0.147 e. The normalized spacial score (nSPS) is 10.7. The first kappa shape index (κ1) is 14.3. The zero-order valence-corrected chi connectivity index (χ0v) is 12.2.